The van der Waals surface area contributed by atoms with Crippen molar-refractivity contribution in [1.29, 1.82) is 0 Å². The van der Waals surface area contributed by atoms with E-state index >= 15 is 0 Å². The van der Waals surface area contributed by atoms with Crippen LogP contribution in [0.4, 0.5) is 0 Å². The van der Waals surface area contributed by atoms with E-state index in [0.29, 0.717) is 35.9 Å². The summed E-state index contributed by atoms with van der Waals surface area (Å²) in [5.74, 6) is 1.28. The van der Waals surface area contributed by atoms with E-state index in [-0.39, 0.29) is 17.9 Å². The number of hydrogen-bond donors (Lipinski definition) is 1. The first-order valence-electron chi connectivity index (χ1n) is 9.75. The summed E-state index contributed by atoms with van der Waals surface area (Å²) in [6.45, 7) is 1.31. The summed E-state index contributed by atoms with van der Waals surface area (Å²) < 4.78 is 12.2. The molecule has 1 aromatic carbocycles. The molecule has 0 radical (unpaired) electrons. The van der Waals surface area contributed by atoms with Gasteiger partial charge >= 0.3 is 0 Å². The van der Waals surface area contributed by atoms with Gasteiger partial charge in [0.05, 0.1) is 27.6 Å². The minimum atomic E-state index is -0.0369. The maximum atomic E-state index is 12.9. The predicted octanol–water partition coefficient (Wildman–Crippen LogP) is 3.24. The highest BCUT2D eigenvalue weighted by molar-refractivity contribution is 7.21. The molecule has 30 heavy (non-hydrogen) atoms. The molecule has 4 rings (SSSR count). The van der Waals surface area contributed by atoms with Crippen molar-refractivity contribution in [2.75, 3.05) is 27.2 Å². The van der Waals surface area contributed by atoms with Crippen LogP contribution >= 0.6 is 11.3 Å². The number of aromatic nitrogens is 1. The topological polar surface area (TPSA) is 80.8 Å². The van der Waals surface area contributed by atoms with Gasteiger partial charge in [0.2, 0.25) is 5.91 Å². The Labute approximate surface area is 178 Å². The molecule has 156 valence electrons. The van der Waals surface area contributed by atoms with Crippen molar-refractivity contribution in [3.05, 3.63) is 53.0 Å². The van der Waals surface area contributed by atoms with Gasteiger partial charge in [0.1, 0.15) is 11.5 Å². The normalized spacial score (nSPS) is 16.1. The van der Waals surface area contributed by atoms with Crippen LogP contribution < -0.4 is 10.1 Å². The first kappa shape index (κ1) is 20.3. The van der Waals surface area contributed by atoms with Crippen molar-refractivity contribution in [3.63, 3.8) is 0 Å². The zero-order valence-corrected chi connectivity index (χ0v) is 17.7. The highest BCUT2D eigenvalue weighted by Gasteiger charge is 2.28. The third kappa shape index (κ3) is 4.29. The van der Waals surface area contributed by atoms with Crippen molar-refractivity contribution >= 4 is 33.4 Å². The molecule has 3 heterocycles. The summed E-state index contributed by atoms with van der Waals surface area (Å²) >= 11 is 1.39. The number of likely N-dealkylation sites (tertiary alicyclic amines) is 1. The number of hydrogen-bond acceptors (Lipinski definition) is 6. The van der Waals surface area contributed by atoms with Gasteiger partial charge in [0.15, 0.2) is 0 Å². The molecule has 1 aliphatic heterocycles. The summed E-state index contributed by atoms with van der Waals surface area (Å²) in [6, 6.07) is 11.0. The standard InChI is InChI=1S/C22H23N3O4S/c1-23-20(26)11-14-3-5-15(6-4-14)29-18-7-9-24-17-12-19(30-21(17)18)22(27)25-10-8-16(13-25)28-2/h3-7,9,12,16H,8,10-11,13H2,1-2H3,(H,23,26). The first-order chi connectivity index (χ1) is 14.6. The zero-order valence-electron chi connectivity index (χ0n) is 16.9. The largest absolute Gasteiger partial charge is 0.456 e. The quantitative estimate of drug-likeness (QED) is 0.656. The van der Waals surface area contributed by atoms with E-state index in [1.54, 1.807) is 26.4 Å². The Hall–Kier alpha value is -2.97. The number of likely N-dealkylation sites (N-methyl/N-ethyl adjacent to an activating group) is 1. The van der Waals surface area contributed by atoms with E-state index < -0.39 is 0 Å². The van der Waals surface area contributed by atoms with Crippen molar-refractivity contribution in [1.82, 2.24) is 15.2 Å². The van der Waals surface area contributed by atoms with Crippen LogP contribution in [0.1, 0.15) is 21.7 Å². The van der Waals surface area contributed by atoms with E-state index in [4.69, 9.17) is 9.47 Å². The second kappa shape index (κ2) is 8.81. The van der Waals surface area contributed by atoms with Crippen LogP contribution in [0, 0.1) is 0 Å². The SMILES string of the molecule is CNC(=O)Cc1ccc(Oc2ccnc3cc(C(=O)N4CCC(OC)C4)sc23)cc1. The van der Waals surface area contributed by atoms with Gasteiger partial charge in [-0.2, -0.15) is 0 Å². The Morgan fingerprint density at radius 1 is 1.27 bits per heavy atom. The number of thiophene rings is 1. The van der Waals surface area contributed by atoms with Gasteiger partial charge in [0.25, 0.3) is 5.91 Å². The Morgan fingerprint density at radius 3 is 2.77 bits per heavy atom. The van der Waals surface area contributed by atoms with Gasteiger partial charge in [-0.3, -0.25) is 14.6 Å². The monoisotopic (exact) mass is 425 g/mol. The molecular weight excluding hydrogens is 402 g/mol. The number of rotatable bonds is 6. The molecule has 1 saturated heterocycles. The van der Waals surface area contributed by atoms with Gasteiger partial charge in [-0.05, 0) is 30.2 Å². The minimum absolute atomic E-state index is 0.00190. The lowest BCUT2D eigenvalue weighted by Crippen LogP contribution is -2.29. The third-order valence-corrected chi connectivity index (χ3v) is 6.27. The fraction of sp³-hybridized carbons (Fsp3) is 0.318. The molecule has 1 atom stereocenters. The number of pyridine rings is 1. The van der Waals surface area contributed by atoms with Gasteiger partial charge < -0.3 is 19.7 Å². The second-order valence-corrected chi connectivity index (χ2v) is 8.18. The lowest BCUT2D eigenvalue weighted by atomic mass is 10.1. The van der Waals surface area contributed by atoms with Crippen molar-refractivity contribution in [2.24, 2.45) is 0 Å². The molecule has 2 aromatic heterocycles. The van der Waals surface area contributed by atoms with E-state index in [0.717, 1.165) is 22.2 Å². The first-order valence-corrected chi connectivity index (χ1v) is 10.6. The molecule has 2 amide bonds. The van der Waals surface area contributed by atoms with E-state index in [9.17, 15) is 9.59 Å². The number of nitrogens with zero attached hydrogens (tertiary/aromatic N) is 2. The number of carbonyl (C=O) groups excluding carboxylic acids is 2. The molecule has 1 unspecified atom stereocenters. The fourth-order valence-corrected chi connectivity index (χ4v) is 4.47. The second-order valence-electron chi connectivity index (χ2n) is 7.13. The van der Waals surface area contributed by atoms with E-state index in [1.807, 2.05) is 35.2 Å². The average Bonchev–Trinajstić information content (AvgIpc) is 3.42. The van der Waals surface area contributed by atoms with Crippen molar-refractivity contribution in [3.8, 4) is 11.5 Å². The highest BCUT2D eigenvalue weighted by Crippen LogP contribution is 2.35. The molecule has 1 fully saturated rings. The van der Waals surface area contributed by atoms with Crippen LogP contribution in [0.15, 0.2) is 42.6 Å². The summed E-state index contributed by atoms with van der Waals surface area (Å²) in [6.07, 6.45) is 2.96. The number of nitrogens with one attached hydrogen (secondary N) is 1. The van der Waals surface area contributed by atoms with Crippen LogP contribution in [-0.2, 0) is 16.0 Å². The Balaban J connectivity index is 1.52. The Kier molecular flexibility index (Phi) is 5.96. The van der Waals surface area contributed by atoms with Crippen LogP contribution in [-0.4, -0.2) is 55.0 Å². The summed E-state index contributed by atoms with van der Waals surface area (Å²) in [7, 11) is 3.30. The summed E-state index contributed by atoms with van der Waals surface area (Å²) in [4.78, 5) is 31.2. The predicted molar refractivity (Wildman–Crippen MR) is 115 cm³/mol. The third-order valence-electron chi connectivity index (χ3n) is 5.15. The number of methoxy groups -OCH3 is 1. The Morgan fingerprint density at radius 2 is 2.07 bits per heavy atom. The lowest BCUT2D eigenvalue weighted by molar-refractivity contribution is -0.119. The van der Waals surface area contributed by atoms with Crippen molar-refractivity contribution in [2.45, 2.75) is 18.9 Å². The molecule has 1 N–H and O–H groups in total. The van der Waals surface area contributed by atoms with Gasteiger partial charge in [-0.15, -0.1) is 11.3 Å². The van der Waals surface area contributed by atoms with Crippen LogP contribution in [0.2, 0.25) is 0 Å². The van der Waals surface area contributed by atoms with Crippen molar-refractivity contribution < 1.29 is 19.1 Å². The lowest BCUT2D eigenvalue weighted by Gasteiger charge is -2.14. The zero-order chi connectivity index (χ0) is 21.1. The number of ether oxygens (including phenoxy) is 2. The van der Waals surface area contributed by atoms with Crippen LogP contribution in [0.3, 0.4) is 0 Å². The maximum Gasteiger partial charge on any atom is 0.264 e. The van der Waals surface area contributed by atoms with Gasteiger partial charge in [-0.1, -0.05) is 12.1 Å². The Bertz CT molecular complexity index is 1060. The molecule has 0 bridgehead atoms. The minimum Gasteiger partial charge on any atom is -0.456 e. The number of benzene rings is 1. The molecule has 0 saturated carbocycles. The average molecular weight is 426 g/mol. The number of fused-ring (bicyclic) bond motifs is 1. The summed E-state index contributed by atoms with van der Waals surface area (Å²) in [5, 5.41) is 2.61. The molecule has 8 heteroatoms. The molecule has 3 aromatic rings. The van der Waals surface area contributed by atoms with E-state index in [2.05, 4.69) is 10.3 Å². The maximum absolute atomic E-state index is 12.9. The van der Waals surface area contributed by atoms with Crippen LogP contribution in [0.5, 0.6) is 11.5 Å². The molecule has 7 nitrogen and oxygen atoms in total. The highest BCUT2D eigenvalue weighted by atomic mass is 32.1. The smallest absolute Gasteiger partial charge is 0.264 e. The van der Waals surface area contributed by atoms with Gasteiger partial charge in [0, 0.05) is 39.5 Å². The summed E-state index contributed by atoms with van der Waals surface area (Å²) in [5.41, 5.74) is 1.64. The molecule has 0 spiro atoms. The number of amides is 2. The van der Waals surface area contributed by atoms with E-state index in [1.165, 1.54) is 11.3 Å². The van der Waals surface area contributed by atoms with Gasteiger partial charge in [-0.25, -0.2) is 0 Å². The fourth-order valence-electron chi connectivity index (χ4n) is 3.44. The molecular formula is C22H23N3O4S. The van der Waals surface area contributed by atoms with Crippen LogP contribution in [0.25, 0.3) is 10.2 Å². The number of carbonyl (C=O) groups is 2. The molecule has 1 aliphatic rings. The molecule has 0 aliphatic carbocycles.